The minimum absolute atomic E-state index is 0.246. The molecule has 0 aliphatic carbocycles. The van der Waals surface area contributed by atoms with Gasteiger partial charge >= 0.3 is 6.18 Å². The van der Waals surface area contributed by atoms with Gasteiger partial charge in [-0.25, -0.2) is 0 Å². The predicted molar refractivity (Wildman–Crippen MR) is 135 cm³/mol. The molecule has 0 bridgehead atoms. The van der Waals surface area contributed by atoms with Crippen LogP contribution in [-0.4, -0.2) is 65.4 Å². The van der Waals surface area contributed by atoms with E-state index in [1.807, 2.05) is 53.6 Å². The highest BCUT2D eigenvalue weighted by Gasteiger charge is 2.41. The lowest BCUT2D eigenvalue weighted by atomic mass is 10.1. The summed E-state index contributed by atoms with van der Waals surface area (Å²) < 4.78 is 41.1. The second-order valence-corrected chi connectivity index (χ2v) is 9.58. The average Bonchev–Trinajstić information content (AvgIpc) is 3.30. The van der Waals surface area contributed by atoms with E-state index in [0.717, 1.165) is 23.1 Å². The van der Waals surface area contributed by atoms with E-state index in [1.54, 1.807) is 6.07 Å². The molecule has 1 saturated heterocycles. The van der Waals surface area contributed by atoms with Crippen LogP contribution in [-0.2, 0) is 6.18 Å². The Balaban J connectivity index is 1.17. The van der Waals surface area contributed by atoms with E-state index in [0.29, 0.717) is 62.5 Å². The summed E-state index contributed by atoms with van der Waals surface area (Å²) in [6.07, 6.45) is -3.72. The maximum absolute atomic E-state index is 13.2. The molecule has 3 aromatic rings. The van der Waals surface area contributed by atoms with Crippen LogP contribution in [0, 0.1) is 13.8 Å². The number of benzene rings is 2. The number of halogens is 3. The maximum Gasteiger partial charge on any atom is 0.416 e. The number of aromatic nitrogens is 1. The van der Waals surface area contributed by atoms with Gasteiger partial charge in [-0.2, -0.15) is 13.2 Å². The first-order valence-electron chi connectivity index (χ1n) is 12.4. The molecule has 0 radical (unpaired) electrons. The van der Waals surface area contributed by atoms with Crippen molar-refractivity contribution >= 4 is 17.5 Å². The average molecular weight is 511 g/mol. The van der Waals surface area contributed by atoms with Crippen molar-refractivity contribution in [3.8, 4) is 5.69 Å². The molecular weight excluding hydrogens is 481 g/mol. The van der Waals surface area contributed by atoms with Crippen LogP contribution in [0.4, 0.5) is 18.9 Å². The van der Waals surface area contributed by atoms with Crippen LogP contribution in [0.3, 0.4) is 0 Å². The van der Waals surface area contributed by atoms with Gasteiger partial charge in [-0.05, 0) is 57.1 Å². The summed E-state index contributed by atoms with van der Waals surface area (Å²) in [6.45, 7) is 7.45. The number of alkyl halides is 3. The number of amides is 2. The molecule has 0 spiro atoms. The fourth-order valence-electron chi connectivity index (χ4n) is 5.45. The first kappa shape index (κ1) is 25.1. The molecule has 1 fully saturated rings. The Hall–Kier alpha value is -3.59. The standard InChI is InChI=1S/C28H29F3N4O2/c1-19-24-25(20(2)35(19)22-9-4-3-5-10-22)27(37)34(26(24)36)13-7-12-32-14-16-33(17-15-32)23-11-6-8-21(18-23)28(29,30)31/h3-6,8-11,18H,7,12-17H2,1-2H3. The highest BCUT2D eigenvalue weighted by molar-refractivity contribution is 6.22. The Kier molecular flexibility index (Phi) is 6.58. The lowest BCUT2D eigenvalue weighted by Crippen LogP contribution is -2.47. The quantitative estimate of drug-likeness (QED) is 0.442. The lowest BCUT2D eigenvalue weighted by molar-refractivity contribution is -0.137. The van der Waals surface area contributed by atoms with Crippen molar-refractivity contribution in [2.24, 2.45) is 0 Å². The van der Waals surface area contributed by atoms with Crippen LogP contribution in [0.1, 0.15) is 44.1 Å². The number of rotatable bonds is 6. The third kappa shape index (κ3) is 4.64. The molecule has 2 amide bonds. The van der Waals surface area contributed by atoms with Crippen molar-refractivity contribution in [1.29, 1.82) is 0 Å². The lowest BCUT2D eigenvalue weighted by Gasteiger charge is -2.36. The summed E-state index contributed by atoms with van der Waals surface area (Å²) in [7, 11) is 0. The topological polar surface area (TPSA) is 48.8 Å². The van der Waals surface area contributed by atoms with Gasteiger partial charge in [0.1, 0.15) is 0 Å². The minimum Gasteiger partial charge on any atom is -0.369 e. The first-order valence-corrected chi connectivity index (χ1v) is 12.4. The van der Waals surface area contributed by atoms with Gasteiger partial charge in [-0.1, -0.05) is 24.3 Å². The summed E-state index contributed by atoms with van der Waals surface area (Å²) in [5, 5.41) is 0. The third-order valence-electron chi connectivity index (χ3n) is 7.34. The van der Waals surface area contributed by atoms with Crippen LogP contribution in [0.5, 0.6) is 0 Å². The Labute approximate surface area is 213 Å². The second kappa shape index (κ2) is 9.70. The zero-order chi connectivity index (χ0) is 26.3. The number of carbonyl (C=O) groups is 2. The SMILES string of the molecule is Cc1c2c(c(C)n1-c1ccccc1)C(=O)N(CCCN1CCN(c3cccc(C(F)(F)F)c3)CC1)C2=O. The molecule has 9 heteroatoms. The molecule has 2 aliphatic heterocycles. The highest BCUT2D eigenvalue weighted by atomic mass is 19.4. The van der Waals surface area contributed by atoms with Crippen molar-refractivity contribution in [1.82, 2.24) is 14.4 Å². The third-order valence-corrected chi connectivity index (χ3v) is 7.34. The van der Waals surface area contributed by atoms with Gasteiger partial charge in [0.2, 0.25) is 0 Å². The largest absolute Gasteiger partial charge is 0.416 e. The molecular formula is C28H29F3N4O2. The number of carbonyl (C=O) groups excluding carboxylic acids is 2. The molecule has 1 aromatic heterocycles. The molecule has 2 aliphatic rings. The van der Waals surface area contributed by atoms with E-state index < -0.39 is 11.7 Å². The molecule has 37 heavy (non-hydrogen) atoms. The van der Waals surface area contributed by atoms with Crippen molar-refractivity contribution < 1.29 is 22.8 Å². The van der Waals surface area contributed by atoms with Gasteiger partial charge in [0.15, 0.2) is 0 Å². The number of piperazine rings is 1. The van der Waals surface area contributed by atoms with Crippen molar-refractivity contribution in [3.63, 3.8) is 0 Å². The molecule has 3 heterocycles. The monoisotopic (exact) mass is 510 g/mol. The minimum atomic E-state index is -4.36. The highest BCUT2D eigenvalue weighted by Crippen LogP contribution is 2.34. The number of fused-ring (bicyclic) bond motifs is 1. The summed E-state index contributed by atoms with van der Waals surface area (Å²) >= 11 is 0. The van der Waals surface area contributed by atoms with Crippen molar-refractivity contribution in [2.45, 2.75) is 26.4 Å². The van der Waals surface area contributed by atoms with Crippen LogP contribution >= 0.6 is 0 Å². The maximum atomic E-state index is 13.2. The summed E-state index contributed by atoms with van der Waals surface area (Å²) in [5.41, 5.74) is 3.37. The molecule has 2 aromatic carbocycles. The van der Waals surface area contributed by atoms with Crippen LogP contribution in [0.25, 0.3) is 5.69 Å². The van der Waals surface area contributed by atoms with E-state index in [9.17, 15) is 22.8 Å². The van der Waals surface area contributed by atoms with E-state index in [2.05, 4.69) is 4.90 Å². The van der Waals surface area contributed by atoms with Crippen molar-refractivity contribution in [2.75, 3.05) is 44.2 Å². The fourth-order valence-corrected chi connectivity index (χ4v) is 5.45. The predicted octanol–water partition coefficient (Wildman–Crippen LogP) is 4.92. The van der Waals surface area contributed by atoms with E-state index in [4.69, 9.17) is 0 Å². The van der Waals surface area contributed by atoms with Gasteiger partial charge in [0.05, 0.1) is 16.7 Å². The molecule has 0 saturated carbocycles. The molecule has 6 nitrogen and oxygen atoms in total. The number of imide groups is 1. The van der Waals surface area contributed by atoms with Gasteiger partial charge < -0.3 is 9.47 Å². The van der Waals surface area contributed by atoms with E-state index in [-0.39, 0.29) is 11.8 Å². The summed E-state index contributed by atoms with van der Waals surface area (Å²) in [4.78, 5) is 31.9. The Morgan fingerprint density at radius 1 is 0.757 bits per heavy atom. The number of nitrogens with zero attached hydrogens (tertiary/aromatic N) is 4. The van der Waals surface area contributed by atoms with Crippen molar-refractivity contribution in [3.05, 3.63) is 82.7 Å². The number of hydrogen-bond donors (Lipinski definition) is 0. The van der Waals surface area contributed by atoms with E-state index in [1.165, 1.54) is 17.0 Å². The van der Waals surface area contributed by atoms with Crippen LogP contribution < -0.4 is 4.90 Å². The normalized spacial score (nSPS) is 16.6. The zero-order valence-corrected chi connectivity index (χ0v) is 20.9. The Morgan fingerprint density at radius 3 is 1.95 bits per heavy atom. The summed E-state index contributed by atoms with van der Waals surface area (Å²) in [6, 6.07) is 15.1. The second-order valence-electron chi connectivity index (χ2n) is 9.58. The Morgan fingerprint density at radius 2 is 1.35 bits per heavy atom. The van der Waals surface area contributed by atoms with Gasteiger partial charge in [0, 0.05) is 55.5 Å². The van der Waals surface area contributed by atoms with Gasteiger partial charge in [-0.3, -0.25) is 19.4 Å². The molecule has 0 atom stereocenters. The van der Waals surface area contributed by atoms with Crippen LogP contribution in [0.15, 0.2) is 54.6 Å². The van der Waals surface area contributed by atoms with Gasteiger partial charge in [-0.15, -0.1) is 0 Å². The zero-order valence-electron chi connectivity index (χ0n) is 20.9. The van der Waals surface area contributed by atoms with Crippen LogP contribution in [0.2, 0.25) is 0 Å². The number of para-hydroxylation sites is 1. The molecule has 0 unspecified atom stereocenters. The number of anilines is 1. The van der Waals surface area contributed by atoms with Gasteiger partial charge in [0.25, 0.3) is 11.8 Å². The Bertz CT molecular complexity index is 1290. The summed E-state index contributed by atoms with van der Waals surface area (Å²) in [5.74, 6) is -0.491. The number of hydrogen-bond acceptors (Lipinski definition) is 4. The fraction of sp³-hybridized carbons (Fsp3) is 0.357. The van der Waals surface area contributed by atoms with E-state index >= 15 is 0 Å². The molecule has 194 valence electrons. The molecule has 0 N–H and O–H groups in total. The molecule has 5 rings (SSSR count). The smallest absolute Gasteiger partial charge is 0.369 e. The first-order chi connectivity index (χ1) is 17.7.